The number of carbonyl (C=O) groups excluding carboxylic acids is 1. The van der Waals surface area contributed by atoms with Gasteiger partial charge < -0.3 is 10.5 Å². The van der Waals surface area contributed by atoms with Crippen LogP contribution < -0.4 is 5.73 Å². The number of rotatable bonds is 5. The smallest absolute Gasteiger partial charge is 0.322 e. The fourth-order valence-electron chi connectivity index (χ4n) is 0.880. The summed E-state index contributed by atoms with van der Waals surface area (Å²) in [6.45, 7) is 6.41. The van der Waals surface area contributed by atoms with Crippen molar-refractivity contribution in [1.29, 1.82) is 0 Å². The second-order valence-corrected chi connectivity index (χ2v) is 3.33. The van der Waals surface area contributed by atoms with Gasteiger partial charge in [0.25, 0.3) is 0 Å². The summed E-state index contributed by atoms with van der Waals surface area (Å²) >= 11 is 0. The van der Waals surface area contributed by atoms with Crippen molar-refractivity contribution in [3.8, 4) is 0 Å². The predicted octanol–water partition coefficient (Wildman–Crippen LogP) is 1.31. The van der Waals surface area contributed by atoms with E-state index in [0.717, 1.165) is 12.8 Å². The van der Waals surface area contributed by atoms with Crippen molar-refractivity contribution in [3.05, 3.63) is 0 Å². The van der Waals surface area contributed by atoms with Gasteiger partial charge in [0.15, 0.2) is 0 Å². The van der Waals surface area contributed by atoms with Crippen molar-refractivity contribution >= 4 is 5.97 Å². The summed E-state index contributed by atoms with van der Waals surface area (Å²) < 4.78 is 4.77. The lowest BCUT2D eigenvalue weighted by Crippen LogP contribution is -2.32. The van der Waals surface area contributed by atoms with Crippen LogP contribution in [0.15, 0.2) is 0 Å². The van der Waals surface area contributed by atoms with E-state index in [1.165, 1.54) is 0 Å². The van der Waals surface area contributed by atoms with E-state index in [-0.39, 0.29) is 5.97 Å². The van der Waals surface area contributed by atoms with Crippen LogP contribution in [-0.4, -0.2) is 18.6 Å². The Morgan fingerprint density at radius 2 is 2.00 bits per heavy atom. The van der Waals surface area contributed by atoms with Gasteiger partial charge in [0.2, 0.25) is 0 Å². The highest BCUT2D eigenvalue weighted by Gasteiger charge is 2.13. The average Bonchev–Trinajstić information content (AvgIpc) is 2.00. The molecule has 72 valence electrons. The molecule has 0 amide bonds. The quantitative estimate of drug-likeness (QED) is 0.638. The van der Waals surface area contributed by atoms with E-state index in [0.29, 0.717) is 12.5 Å². The van der Waals surface area contributed by atoms with Gasteiger partial charge in [0.05, 0.1) is 6.61 Å². The number of ether oxygens (including phenoxy) is 1. The fourth-order valence-corrected chi connectivity index (χ4v) is 0.880. The molecule has 1 atom stereocenters. The topological polar surface area (TPSA) is 52.3 Å². The molecule has 0 spiro atoms. The Morgan fingerprint density at radius 3 is 2.42 bits per heavy atom. The van der Waals surface area contributed by atoms with E-state index in [1.807, 2.05) is 0 Å². The van der Waals surface area contributed by atoms with Crippen molar-refractivity contribution in [2.45, 2.75) is 39.7 Å². The monoisotopic (exact) mass is 173 g/mol. The van der Waals surface area contributed by atoms with Crippen LogP contribution in [0, 0.1) is 5.92 Å². The summed E-state index contributed by atoms with van der Waals surface area (Å²) in [5.41, 5.74) is 5.58. The van der Waals surface area contributed by atoms with Gasteiger partial charge in [0, 0.05) is 0 Å². The molecule has 0 aromatic rings. The van der Waals surface area contributed by atoms with Gasteiger partial charge in [-0.3, -0.25) is 4.79 Å². The van der Waals surface area contributed by atoms with Gasteiger partial charge in [0.1, 0.15) is 6.04 Å². The third-order valence-electron chi connectivity index (χ3n) is 1.64. The van der Waals surface area contributed by atoms with E-state index in [4.69, 9.17) is 10.5 Å². The summed E-state index contributed by atoms with van der Waals surface area (Å²) in [5.74, 6) is 0.309. The first-order chi connectivity index (χ1) is 5.57. The van der Waals surface area contributed by atoms with E-state index >= 15 is 0 Å². The normalized spacial score (nSPS) is 13.1. The molecule has 0 aromatic carbocycles. The maximum absolute atomic E-state index is 11.0. The molecule has 0 saturated carbocycles. The van der Waals surface area contributed by atoms with E-state index in [2.05, 4.69) is 13.8 Å². The highest BCUT2D eigenvalue weighted by atomic mass is 16.5. The van der Waals surface area contributed by atoms with E-state index in [9.17, 15) is 4.79 Å². The molecule has 3 heteroatoms. The number of hydrogen-bond donors (Lipinski definition) is 1. The molecule has 0 heterocycles. The second-order valence-electron chi connectivity index (χ2n) is 3.33. The molecule has 0 rings (SSSR count). The first kappa shape index (κ1) is 11.4. The van der Waals surface area contributed by atoms with Gasteiger partial charge in [-0.2, -0.15) is 0 Å². The molecular formula is C9H19NO2. The zero-order chi connectivity index (χ0) is 9.56. The highest BCUT2D eigenvalue weighted by molar-refractivity contribution is 5.75. The van der Waals surface area contributed by atoms with Gasteiger partial charge in [-0.15, -0.1) is 0 Å². The lowest BCUT2D eigenvalue weighted by molar-refractivity contribution is -0.144. The maximum atomic E-state index is 11.0. The third-order valence-corrected chi connectivity index (χ3v) is 1.64. The first-order valence-corrected chi connectivity index (χ1v) is 4.50. The Labute approximate surface area is 74.3 Å². The average molecular weight is 173 g/mol. The Morgan fingerprint density at radius 1 is 1.42 bits per heavy atom. The van der Waals surface area contributed by atoms with Crippen LogP contribution in [0.25, 0.3) is 0 Å². The summed E-state index contributed by atoms with van der Waals surface area (Å²) in [5, 5.41) is 0. The van der Waals surface area contributed by atoms with E-state index < -0.39 is 6.04 Å². The number of nitrogens with two attached hydrogens (primary N) is 1. The first-order valence-electron chi connectivity index (χ1n) is 4.50. The molecule has 1 unspecified atom stereocenters. The molecular weight excluding hydrogens is 154 g/mol. The summed E-state index contributed by atoms with van der Waals surface area (Å²) in [4.78, 5) is 11.0. The minimum Gasteiger partial charge on any atom is -0.465 e. The lowest BCUT2D eigenvalue weighted by Gasteiger charge is -2.11. The molecule has 0 aliphatic rings. The van der Waals surface area contributed by atoms with Crippen molar-refractivity contribution in [3.63, 3.8) is 0 Å². The molecule has 0 radical (unpaired) electrons. The van der Waals surface area contributed by atoms with E-state index in [1.54, 1.807) is 6.92 Å². The van der Waals surface area contributed by atoms with Crippen LogP contribution in [0.5, 0.6) is 0 Å². The van der Waals surface area contributed by atoms with Crippen LogP contribution >= 0.6 is 0 Å². The summed E-state index contributed by atoms with van der Waals surface area (Å²) in [7, 11) is 0. The molecule has 0 aliphatic heterocycles. The van der Waals surface area contributed by atoms with Crippen molar-refractivity contribution in [2.24, 2.45) is 11.7 Å². The van der Waals surface area contributed by atoms with Crippen LogP contribution in [-0.2, 0) is 9.53 Å². The third kappa shape index (κ3) is 5.13. The fraction of sp³-hybridized carbons (Fsp3) is 0.889. The summed E-state index contributed by atoms with van der Waals surface area (Å²) in [6, 6.07) is -0.438. The van der Waals surface area contributed by atoms with Crippen LogP contribution in [0.4, 0.5) is 0 Å². The van der Waals surface area contributed by atoms with Gasteiger partial charge in [-0.1, -0.05) is 13.8 Å². The second kappa shape index (κ2) is 6.00. The SMILES string of the molecule is CCOC(=O)C(N)CCC(C)C. The standard InChI is InChI=1S/C9H19NO2/c1-4-12-9(11)8(10)6-5-7(2)3/h7-8H,4-6,10H2,1-3H3. The molecule has 2 N–H and O–H groups in total. The molecule has 3 nitrogen and oxygen atoms in total. The Kier molecular flexibility index (Phi) is 5.72. The molecule has 0 fully saturated rings. The van der Waals surface area contributed by atoms with Crippen molar-refractivity contribution in [2.75, 3.05) is 6.61 Å². The van der Waals surface area contributed by atoms with Crippen molar-refractivity contribution in [1.82, 2.24) is 0 Å². The van der Waals surface area contributed by atoms with Crippen LogP contribution in [0.2, 0.25) is 0 Å². The molecule has 0 aromatic heterocycles. The number of hydrogen-bond acceptors (Lipinski definition) is 3. The molecule has 0 bridgehead atoms. The van der Waals surface area contributed by atoms with Crippen LogP contribution in [0.3, 0.4) is 0 Å². The van der Waals surface area contributed by atoms with Gasteiger partial charge in [-0.05, 0) is 25.7 Å². The zero-order valence-corrected chi connectivity index (χ0v) is 8.17. The van der Waals surface area contributed by atoms with Gasteiger partial charge >= 0.3 is 5.97 Å². The zero-order valence-electron chi connectivity index (χ0n) is 8.17. The van der Waals surface area contributed by atoms with Crippen LogP contribution in [0.1, 0.15) is 33.6 Å². The summed E-state index contributed by atoms with van der Waals surface area (Å²) in [6.07, 6.45) is 1.69. The molecule has 0 aliphatic carbocycles. The Bertz CT molecular complexity index is 134. The number of esters is 1. The highest BCUT2D eigenvalue weighted by Crippen LogP contribution is 2.06. The Balaban J connectivity index is 3.56. The van der Waals surface area contributed by atoms with Crippen molar-refractivity contribution < 1.29 is 9.53 Å². The maximum Gasteiger partial charge on any atom is 0.322 e. The lowest BCUT2D eigenvalue weighted by atomic mass is 10.0. The van der Waals surface area contributed by atoms with Gasteiger partial charge in [-0.25, -0.2) is 0 Å². The number of carbonyl (C=O) groups is 1. The molecule has 12 heavy (non-hydrogen) atoms. The Hall–Kier alpha value is -0.570. The molecule has 0 saturated heterocycles. The predicted molar refractivity (Wildman–Crippen MR) is 48.7 cm³/mol. The minimum atomic E-state index is -0.438. The minimum absolute atomic E-state index is 0.279. The largest absolute Gasteiger partial charge is 0.465 e.